The Morgan fingerprint density at radius 1 is 1.47 bits per heavy atom. The number of aliphatic hydroxyl groups is 1. The summed E-state index contributed by atoms with van der Waals surface area (Å²) in [6, 6.07) is -0.405. The van der Waals surface area contributed by atoms with Crippen LogP contribution in [0.3, 0.4) is 0 Å². The maximum Gasteiger partial charge on any atom is 0.241 e. The summed E-state index contributed by atoms with van der Waals surface area (Å²) in [7, 11) is -3.44. The van der Waals surface area contributed by atoms with Crippen LogP contribution in [0.1, 0.15) is 20.8 Å². The molecule has 0 heterocycles. The Morgan fingerprint density at radius 3 is 2.27 bits per heavy atom. The summed E-state index contributed by atoms with van der Waals surface area (Å²) < 4.78 is 24.1. The molecule has 0 bridgehead atoms. The fourth-order valence-electron chi connectivity index (χ4n) is 0.960. The molecule has 1 unspecified atom stereocenters. The topological polar surface area (TPSA) is 95.5 Å². The predicted octanol–water partition coefficient (Wildman–Crippen LogP) is -1.19. The number of carbonyl (C=O) groups excluding carboxylic acids is 1. The number of aliphatic hydroxyl groups excluding tert-OH is 1. The predicted molar refractivity (Wildman–Crippen MR) is 56.7 cm³/mol. The van der Waals surface area contributed by atoms with Crippen LogP contribution >= 0.6 is 0 Å². The average molecular weight is 238 g/mol. The zero-order chi connectivity index (χ0) is 12.3. The first-order valence-electron chi connectivity index (χ1n) is 4.49. The molecule has 0 saturated carbocycles. The molecule has 0 aliphatic heterocycles. The molecule has 1 amide bonds. The van der Waals surface area contributed by atoms with E-state index in [9.17, 15) is 13.2 Å². The molecule has 6 nitrogen and oxygen atoms in total. The van der Waals surface area contributed by atoms with Gasteiger partial charge >= 0.3 is 0 Å². The van der Waals surface area contributed by atoms with Crippen molar-refractivity contribution < 1.29 is 18.3 Å². The van der Waals surface area contributed by atoms with Gasteiger partial charge in [0, 0.05) is 6.04 Å². The molecule has 7 heteroatoms. The standard InChI is InChI=1S/C8H18N2O4S/c1-6(5-11)9-7(12)8(2,3)10-15(4,13)14/h6,10-11H,5H2,1-4H3,(H,9,12). The fourth-order valence-corrected chi connectivity index (χ4v) is 1.98. The lowest BCUT2D eigenvalue weighted by atomic mass is 10.1. The van der Waals surface area contributed by atoms with Gasteiger partial charge in [0.25, 0.3) is 0 Å². The van der Waals surface area contributed by atoms with E-state index in [1.54, 1.807) is 6.92 Å². The highest BCUT2D eigenvalue weighted by Gasteiger charge is 2.31. The van der Waals surface area contributed by atoms with E-state index in [1.807, 2.05) is 0 Å². The zero-order valence-corrected chi connectivity index (χ0v) is 10.2. The molecule has 0 fully saturated rings. The molecule has 3 N–H and O–H groups in total. The van der Waals surface area contributed by atoms with Crippen molar-refractivity contribution in [1.29, 1.82) is 0 Å². The van der Waals surface area contributed by atoms with E-state index in [4.69, 9.17) is 5.11 Å². The normalized spacial score (nSPS) is 14.7. The van der Waals surface area contributed by atoms with Gasteiger partial charge in [-0.05, 0) is 20.8 Å². The minimum atomic E-state index is -3.44. The highest BCUT2D eigenvalue weighted by molar-refractivity contribution is 7.88. The zero-order valence-electron chi connectivity index (χ0n) is 9.36. The van der Waals surface area contributed by atoms with Gasteiger partial charge < -0.3 is 10.4 Å². The molecule has 15 heavy (non-hydrogen) atoms. The van der Waals surface area contributed by atoms with Crippen LogP contribution in [0.5, 0.6) is 0 Å². The summed E-state index contributed by atoms with van der Waals surface area (Å²) in [6.45, 7) is 4.33. The van der Waals surface area contributed by atoms with Gasteiger partial charge in [-0.1, -0.05) is 0 Å². The highest BCUT2D eigenvalue weighted by Crippen LogP contribution is 2.04. The summed E-state index contributed by atoms with van der Waals surface area (Å²) in [5, 5.41) is 11.2. The molecule has 0 aromatic rings. The van der Waals surface area contributed by atoms with Crippen molar-refractivity contribution in [3.8, 4) is 0 Å². The van der Waals surface area contributed by atoms with Crippen molar-refractivity contribution in [1.82, 2.24) is 10.0 Å². The largest absolute Gasteiger partial charge is 0.394 e. The molecule has 0 rings (SSSR count). The van der Waals surface area contributed by atoms with Gasteiger partial charge in [0.2, 0.25) is 15.9 Å². The Morgan fingerprint density at radius 2 is 1.93 bits per heavy atom. The quantitative estimate of drug-likeness (QED) is 0.561. The van der Waals surface area contributed by atoms with E-state index < -0.39 is 27.5 Å². The summed E-state index contributed by atoms with van der Waals surface area (Å²) >= 11 is 0. The number of hydrogen-bond donors (Lipinski definition) is 3. The monoisotopic (exact) mass is 238 g/mol. The second kappa shape index (κ2) is 4.91. The van der Waals surface area contributed by atoms with Crippen LogP contribution in [0.25, 0.3) is 0 Å². The van der Waals surface area contributed by atoms with Crippen LogP contribution in [0, 0.1) is 0 Å². The highest BCUT2D eigenvalue weighted by atomic mass is 32.2. The Kier molecular flexibility index (Phi) is 4.69. The lowest BCUT2D eigenvalue weighted by molar-refractivity contribution is -0.126. The SMILES string of the molecule is CC(CO)NC(=O)C(C)(C)NS(C)(=O)=O. The summed E-state index contributed by atoms with van der Waals surface area (Å²) in [5.74, 6) is -0.477. The molecule has 0 aromatic heterocycles. The van der Waals surface area contributed by atoms with Gasteiger partial charge in [0.15, 0.2) is 0 Å². The van der Waals surface area contributed by atoms with Crippen LogP contribution in [0.15, 0.2) is 0 Å². The van der Waals surface area contributed by atoms with E-state index in [0.29, 0.717) is 0 Å². The van der Waals surface area contributed by atoms with E-state index in [2.05, 4.69) is 10.0 Å². The third-order valence-corrected chi connectivity index (χ3v) is 2.54. The van der Waals surface area contributed by atoms with E-state index in [1.165, 1.54) is 13.8 Å². The van der Waals surface area contributed by atoms with Gasteiger partial charge in [0.1, 0.15) is 5.54 Å². The number of sulfonamides is 1. The van der Waals surface area contributed by atoms with E-state index >= 15 is 0 Å². The van der Waals surface area contributed by atoms with Gasteiger partial charge in [0.05, 0.1) is 12.9 Å². The lowest BCUT2D eigenvalue weighted by Gasteiger charge is -2.25. The van der Waals surface area contributed by atoms with Crippen LogP contribution in [0.2, 0.25) is 0 Å². The number of hydrogen-bond acceptors (Lipinski definition) is 4. The first kappa shape index (κ1) is 14.3. The van der Waals surface area contributed by atoms with Crippen LogP contribution in [-0.4, -0.2) is 43.9 Å². The summed E-state index contributed by atoms with van der Waals surface area (Å²) in [4.78, 5) is 11.6. The van der Waals surface area contributed by atoms with Crippen LogP contribution < -0.4 is 10.0 Å². The Bertz CT molecular complexity index is 324. The molecule has 0 aliphatic carbocycles. The van der Waals surface area contributed by atoms with Crippen molar-refractivity contribution in [3.05, 3.63) is 0 Å². The third kappa shape index (κ3) is 5.71. The first-order valence-corrected chi connectivity index (χ1v) is 6.38. The Hall–Kier alpha value is -0.660. The fraction of sp³-hybridized carbons (Fsp3) is 0.875. The minimum Gasteiger partial charge on any atom is -0.394 e. The van der Waals surface area contributed by atoms with Gasteiger partial charge in [-0.25, -0.2) is 13.1 Å². The van der Waals surface area contributed by atoms with E-state index in [0.717, 1.165) is 6.26 Å². The van der Waals surface area contributed by atoms with Crippen LogP contribution in [-0.2, 0) is 14.8 Å². The van der Waals surface area contributed by atoms with Crippen LogP contribution in [0.4, 0.5) is 0 Å². The number of amides is 1. The molecular formula is C8H18N2O4S. The lowest BCUT2D eigenvalue weighted by Crippen LogP contribution is -2.56. The van der Waals surface area contributed by atoms with Crippen molar-refractivity contribution >= 4 is 15.9 Å². The average Bonchev–Trinajstić information content (AvgIpc) is 1.99. The Labute approximate surface area is 90.1 Å². The third-order valence-electron chi connectivity index (χ3n) is 1.66. The van der Waals surface area contributed by atoms with Crippen molar-refractivity contribution in [3.63, 3.8) is 0 Å². The number of carbonyl (C=O) groups is 1. The van der Waals surface area contributed by atoms with Gasteiger partial charge in [-0.3, -0.25) is 4.79 Å². The molecule has 0 radical (unpaired) electrons. The molecule has 0 aromatic carbocycles. The summed E-state index contributed by atoms with van der Waals surface area (Å²) in [5.41, 5.74) is -1.23. The maximum absolute atomic E-state index is 11.6. The first-order chi connectivity index (χ1) is 6.58. The Balaban J connectivity index is 4.53. The second-order valence-electron chi connectivity index (χ2n) is 4.06. The van der Waals surface area contributed by atoms with Crippen molar-refractivity contribution in [2.45, 2.75) is 32.4 Å². The summed E-state index contributed by atoms with van der Waals surface area (Å²) in [6.07, 6.45) is 0.984. The molecule has 90 valence electrons. The van der Waals surface area contributed by atoms with Gasteiger partial charge in [-0.2, -0.15) is 0 Å². The second-order valence-corrected chi connectivity index (χ2v) is 5.80. The number of rotatable bonds is 5. The maximum atomic E-state index is 11.6. The smallest absolute Gasteiger partial charge is 0.241 e. The number of nitrogens with one attached hydrogen (secondary N) is 2. The molecule has 0 saturated heterocycles. The molecule has 0 aliphatic rings. The molecular weight excluding hydrogens is 220 g/mol. The molecule has 1 atom stereocenters. The minimum absolute atomic E-state index is 0.194. The van der Waals surface area contributed by atoms with Crippen molar-refractivity contribution in [2.24, 2.45) is 0 Å². The molecule has 0 spiro atoms. The van der Waals surface area contributed by atoms with Gasteiger partial charge in [-0.15, -0.1) is 0 Å². The van der Waals surface area contributed by atoms with Crippen molar-refractivity contribution in [2.75, 3.05) is 12.9 Å². The van der Waals surface area contributed by atoms with E-state index in [-0.39, 0.29) is 6.61 Å².